The summed E-state index contributed by atoms with van der Waals surface area (Å²) < 4.78 is 10.7. The van der Waals surface area contributed by atoms with Gasteiger partial charge < -0.3 is 14.6 Å². The SMILES string of the molecule is COc1cc(C2=NCCO2)c(O)c(C(C)(C)C)c1. The molecule has 0 aromatic heterocycles. The third kappa shape index (κ3) is 2.28. The van der Waals surface area contributed by atoms with Crippen LogP contribution in [0.15, 0.2) is 17.1 Å². The highest BCUT2D eigenvalue weighted by Gasteiger charge is 2.25. The van der Waals surface area contributed by atoms with E-state index in [4.69, 9.17) is 9.47 Å². The van der Waals surface area contributed by atoms with Gasteiger partial charge in [0.25, 0.3) is 0 Å². The Balaban J connectivity index is 2.59. The first kappa shape index (κ1) is 12.7. The Bertz CT molecular complexity index is 487. The largest absolute Gasteiger partial charge is 0.507 e. The van der Waals surface area contributed by atoms with Gasteiger partial charge in [-0.25, -0.2) is 4.99 Å². The molecule has 98 valence electrons. The van der Waals surface area contributed by atoms with E-state index in [0.717, 1.165) is 5.56 Å². The highest BCUT2D eigenvalue weighted by atomic mass is 16.5. The first-order valence-electron chi connectivity index (χ1n) is 6.02. The fourth-order valence-electron chi connectivity index (χ4n) is 1.96. The maximum Gasteiger partial charge on any atom is 0.220 e. The van der Waals surface area contributed by atoms with Gasteiger partial charge >= 0.3 is 0 Å². The van der Waals surface area contributed by atoms with Gasteiger partial charge in [-0.3, -0.25) is 0 Å². The van der Waals surface area contributed by atoms with Gasteiger partial charge in [0.2, 0.25) is 5.90 Å². The molecule has 0 fully saturated rings. The van der Waals surface area contributed by atoms with Crippen molar-refractivity contribution in [1.29, 1.82) is 0 Å². The molecular weight excluding hydrogens is 230 g/mol. The van der Waals surface area contributed by atoms with Crippen molar-refractivity contribution in [3.63, 3.8) is 0 Å². The molecule has 0 bridgehead atoms. The lowest BCUT2D eigenvalue weighted by molar-refractivity contribution is 0.345. The van der Waals surface area contributed by atoms with Gasteiger partial charge in [-0.2, -0.15) is 0 Å². The Morgan fingerprint density at radius 2 is 2.06 bits per heavy atom. The smallest absolute Gasteiger partial charge is 0.220 e. The van der Waals surface area contributed by atoms with Crippen LogP contribution in [0.1, 0.15) is 31.9 Å². The maximum absolute atomic E-state index is 10.4. The van der Waals surface area contributed by atoms with Gasteiger partial charge in [0, 0.05) is 5.56 Å². The van der Waals surface area contributed by atoms with Gasteiger partial charge in [-0.15, -0.1) is 0 Å². The van der Waals surface area contributed by atoms with E-state index in [9.17, 15) is 5.11 Å². The van der Waals surface area contributed by atoms with E-state index in [1.54, 1.807) is 13.2 Å². The number of phenols is 1. The zero-order chi connectivity index (χ0) is 13.3. The number of phenolic OH excluding ortho intramolecular Hbond substituents is 1. The molecule has 0 amide bonds. The summed E-state index contributed by atoms with van der Waals surface area (Å²) in [7, 11) is 1.61. The number of aromatic hydroxyl groups is 1. The summed E-state index contributed by atoms with van der Waals surface area (Å²) in [6.45, 7) is 7.33. The van der Waals surface area contributed by atoms with Crippen molar-refractivity contribution < 1.29 is 14.6 Å². The van der Waals surface area contributed by atoms with E-state index in [1.807, 2.05) is 26.8 Å². The molecule has 0 unspecified atom stereocenters. The zero-order valence-electron chi connectivity index (χ0n) is 11.3. The predicted molar refractivity (Wildman–Crippen MR) is 70.7 cm³/mol. The molecule has 1 aromatic carbocycles. The number of ether oxygens (including phenoxy) is 2. The summed E-state index contributed by atoms with van der Waals surface area (Å²) in [6.07, 6.45) is 0. The van der Waals surface area contributed by atoms with Crippen molar-refractivity contribution in [1.82, 2.24) is 0 Å². The van der Waals surface area contributed by atoms with Crippen molar-refractivity contribution in [2.75, 3.05) is 20.3 Å². The van der Waals surface area contributed by atoms with E-state index < -0.39 is 0 Å². The Hall–Kier alpha value is -1.71. The normalized spacial score (nSPS) is 15.2. The first-order valence-corrected chi connectivity index (χ1v) is 6.02. The minimum atomic E-state index is -0.174. The van der Waals surface area contributed by atoms with Gasteiger partial charge in [0.1, 0.15) is 18.1 Å². The van der Waals surface area contributed by atoms with E-state index in [-0.39, 0.29) is 11.2 Å². The fraction of sp³-hybridized carbons (Fsp3) is 0.500. The van der Waals surface area contributed by atoms with E-state index in [2.05, 4.69) is 4.99 Å². The molecule has 0 atom stereocenters. The number of hydrogen-bond acceptors (Lipinski definition) is 4. The Labute approximate surface area is 107 Å². The molecule has 0 radical (unpaired) electrons. The van der Waals surface area contributed by atoms with Crippen LogP contribution in [0.3, 0.4) is 0 Å². The average Bonchev–Trinajstić information content (AvgIpc) is 2.81. The predicted octanol–water partition coefficient (Wildman–Crippen LogP) is 2.48. The molecular formula is C14H19NO3. The highest BCUT2D eigenvalue weighted by Crippen LogP contribution is 2.37. The minimum Gasteiger partial charge on any atom is -0.507 e. The lowest BCUT2D eigenvalue weighted by Crippen LogP contribution is -2.14. The summed E-state index contributed by atoms with van der Waals surface area (Å²) in [5.41, 5.74) is 1.26. The molecule has 1 aliphatic heterocycles. The van der Waals surface area contributed by atoms with E-state index in [0.29, 0.717) is 30.4 Å². The van der Waals surface area contributed by atoms with Crippen LogP contribution in [-0.4, -0.2) is 31.3 Å². The lowest BCUT2D eigenvalue weighted by atomic mass is 9.85. The van der Waals surface area contributed by atoms with Crippen LogP contribution >= 0.6 is 0 Å². The molecule has 1 N–H and O–H groups in total. The maximum atomic E-state index is 10.4. The summed E-state index contributed by atoms with van der Waals surface area (Å²) >= 11 is 0. The van der Waals surface area contributed by atoms with Crippen LogP contribution in [0.4, 0.5) is 0 Å². The van der Waals surface area contributed by atoms with Crippen molar-refractivity contribution >= 4 is 5.90 Å². The van der Waals surface area contributed by atoms with Gasteiger partial charge in [-0.05, 0) is 17.5 Å². The molecule has 0 saturated carbocycles. The average molecular weight is 249 g/mol. The summed E-state index contributed by atoms with van der Waals surface area (Å²) in [4.78, 5) is 4.24. The topological polar surface area (TPSA) is 51.0 Å². The molecule has 1 aromatic rings. The molecule has 18 heavy (non-hydrogen) atoms. The second-order valence-electron chi connectivity index (χ2n) is 5.36. The number of aliphatic imine (C=N–C) groups is 1. The Kier molecular flexibility index (Phi) is 3.20. The molecule has 0 saturated heterocycles. The third-order valence-electron chi connectivity index (χ3n) is 2.94. The minimum absolute atomic E-state index is 0.174. The van der Waals surface area contributed by atoms with Crippen molar-refractivity contribution in [2.24, 2.45) is 4.99 Å². The van der Waals surface area contributed by atoms with E-state index >= 15 is 0 Å². The number of nitrogens with zero attached hydrogens (tertiary/aromatic N) is 1. The Morgan fingerprint density at radius 1 is 1.33 bits per heavy atom. The third-order valence-corrected chi connectivity index (χ3v) is 2.94. The van der Waals surface area contributed by atoms with Crippen LogP contribution in [0.5, 0.6) is 11.5 Å². The molecule has 0 spiro atoms. The van der Waals surface area contributed by atoms with Gasteiger partial charge in [0.15, 0.2) is 0 Å². The van der Waals surface area contributed by atoms with E-state index in [1.165, 1.54) is 0 Å². The first-order chi connectivity index (χ1) is 8.43. The van der Waals surface area contributed by atoms with Crippen LogP contribution in [0.25, 0.3) is 0 Å². The molecule has 1 aliphatic rings. The van der Waals surface area contributed by atoms with Crippen LogP contribution in [-0.2, 0) is 10.2 Å². The monoisotopic (exact) mass is 249 g/mol. The highest BCUT2D eigenvalue weighted by molar-refractivity contribution is 5.98. The fourth-order valence-corrected chi connectivity index (χ4v) is 1.96. The quantitative estimate of drug-likeness (QED) is 0.876. The summed E-state index contributed by atoms with van der Waals surface area (Å²) in [5.74, 6) is 1.42. The molecule has 0 aliphatic carbocycles. The van der Waals surface area contributed by atoms with Crippen molar-refractivity contribution in [3.05, 3.63) is 23.3 Å². The number of rotatable bonds is 2. The number of benzene rings is 1. The second kappa shape index (κ2) is 4.52. The van der Waals surface area contributed by atoms with Gasteiger partial charge in [-0.1, -0.05) is 20.8 Å². The van der Waals surface area contributed by atoms with Crippen LogP contribution in [0, 0.1) is 0 Å². The van der Waals surface area contributed by atoms with Crippen LogP contribution < -0.4 is 4.74 Å². The zero-order valence-corrected chi connectivity index (χ0v) is 11.3. The Morgan fingerprint density at radius 3 is 2.56 bits per heavy atom. The second-order valence-corrected chi connectivity index (χ2v) is 5.36. The molecule has 4 heteroatoms. The van der Waals surface area contributed by atoms with Crippen LogP contribution in [0.2, 0.25) is 0 Å². The lowest BCUT2D eigenvalue weighted by Gasteiger charge is -2.22. The molecule has 1 heterocycles. The number of hydrogen-bond donors (Lipinski definition) is 1. The standard InChI is InChI=1S/C14H19NO3/c1-14(2,3)11-8-9(17-4)7-10(12(11)16)13-15-5-6-18-13/h7-8,16H,5-6H2,1-4H3. The van der Waals surface area contributed by atoms with Gasteiger partial charge in [0.05, 0.1) is 19.2 Å². The summed E-state index contributed by atoms with van der Waals surface area (Å²) in [6, 6.07) is 3.61. The molecule has 2 rings (SSSR count). The van der Waals surface area contributed by atoms with Crippen molar-refractivity contribution in [3.8, 4) is 11.5 Å². The summed E-state index contributed by atoms with van der Waals surface area (Å²) in [5, 5.41) is 10.4. The molecule has 4 nitrogen and oxygen atoms in total. The number of methoxy groups -OCH3 is 1. The van der Waals surface area contributed by atoms with Crippen molar-refractivity contribution in [2.45, 2.75) is 26.2 Å².